The summed E-state index contributed by atoms with van der Waals surface area (Å²) in [6.07, 6.45) is -22.8. The van der Waals surface area contributed by atoms with Gasteiger partial charge < -0.3 is 52.1 Å². The second kappa shape index (κ2) is 23.6. The van der Waals surface area contributed by atoms with Gasteiger partial charge in [0, 0.05) is 59.6 Å². The second-order valence-corrected chi connectivity index (χ2v) is 17.4. The van der Waals surface area contributed by atoms with E-state index in [1.807, 2.05) is 48.5 Å². The molecule has 0 amide bonds. The molecular formula is C53H49F3N2O18. The third-order valence-corrected chi connectivity index (χ3v) is 11.8. The number of nitriles is 1. The Morgan fingerprint density at radius 1 is 0.553 bits per heavy atom. The molecule has 0 aliphatic carbocycles. The maximum atomic E-state index is 13.8. The molecule has 2 saturated heterocycles. The topological polar surface area (TPSA) is 258 Å². The van der Waals surface area contributed by atoms with Crippen LogP contribution in [0, 0.1) is 11.3 Å². The van der Waals surface area contributed by atoms with E-state index in [2.05, 4.69) is 0 Å². The van der Waals surface area contributed by atoms with Gasteiger partial charge in [-0.05, 0) is 51.4 Å². The lowest BCUT2D eigenvalue weighted by Crippen LogP contribution is -2.67. The molecule has 0 radical (unpaired) electrons. The van der Waals surface area contributed by atoms with Gasteiger partial charge in [-0.3, -0.25) is 33.6 Å². The molecule has 10 atom stereocenters. The van der Waals surface area contributed by atoms with Gasteiger partial charge in [-0.2, -0.15) is 18.4 Å². The van der Waals surface area contributed by atoms with Crippen LogP contribution in [0.2, 0.25) is 0 Å². The second-order valence-electron chi connectivity index (χ2n) is 17.4. The van der Waals surface area contributed by atoms with Gasteiger partial charge >= 0.3 is 48.0 Å². The number of pyridine rings is 1. The van der Waals surface area contributed by atoms with Crippen molar-refractivity contribution >= 4 is 63.3 Å². The minimum Gasteiger partial charge on any atom is -0.463 e. The van der Waals surface area contributed by atoms with E-state index in [0.717, 1.165) is 94.3 Å². The number of fused-ring (bicyclic) bond motifs is 3. The zero-order valence-electron chi connectivity index (χ0n) is 41.6. The molecule has 0 bridgehead atoms. The Morgan fingerprint density at radius 2 is 1.04 bits per heavy atom. The highest BCUT2D eigenvalue weighted by molar-refractivity contribution is 6.08. The average molecular weight is 1060 g/mol. The third kappa shape index (κ3) is 13.2. The van der Waals surface area contributed by atoms with E-state index in [0.29, 0.717) is 5.56 Å². The number of alkyl halides is 3. The molecule has 4 aromatic carbocycles. The van der Waals surface area contributed by atoms with Gasteiger partial charge in [0.15, 0.2) is 30.7 Å². The van der Waals surface area contributed by atoms with E-state index in [4.69, 9.17) is 57.1 Å². The molecule has 0 saturated carbocycles. The number of hydrogen-bond acceptors (Lipinski definition) is 20. The summed E-state index contributed by atoms with van der Waals surface area (Å²) in [5, 5.41) is 14.4. The summed E-state index contributed by atoms with van der Waals surface area (Å²) in [4.78, 5) is 93.2. The number of ether oxygens (including phenoxy) is 11. The minimum absolute atomic E-state index is 0.0348. The first kappa shape index (κ1) is 55.5. The third-order valence-electron chi connectivity index (χ3n) is 11.8. The maximum absolute atomic E-state index is 13.8. The van der Waals surface area contributed by atoms with Crippen LogP contribution >= 0.6 is 0 Å². The van der Waals surface area contributed by atoms with Gasteiger partial charge in [-0.1, -0.05) is 60.7 Å². The number of benzene rings is 4. The van der Waals surface area contributed by atoms with Crippen LogP contribution in [0.1, 0.15) is 59.6 Å². The van der Waals surface area contributed by atoms with Gasteiger partial charge in [-0.15, -0.1) is 0 Å². The van der Waals surface area contributed by atoms with E-state index in [1.165, 1.54) is 6.07 Å². The quantitative estimate of drug-likeness (QED) is 0.0607. The van der Waals surface area contributed by atoms with Crippen molar-refractivity contribution in [3.8, 4) is 34.3 Å². The van der Waals surface area contributed by atoms with Crippen LogP contribution in [0.4, 0.5) is 13.2 Å². The highest BCUT2D eigenvalue weighted by Crippen LogP contribution is 2.40. The first-order chi connectivity index (χ1) is 36.0. The summed E-state index contributed by atoms with van der Waals surface area (Å²) in [5.41, 5.74) is -0.580. The molecule has 2 aliphatic heterocycles. The van der Waals surface area contributed by atoms with E-state index in [9.17, 15) is 52.0 Å². The fourth-order valence-corrected chi connectivity index (χ4v) is 8.78. The SMILES string of the molecule is CC(=O)OC[C@H]1O[C@@H](O[C@H]2[C@H](OC(C)=O)[C@@H](OC(C)=O)[C@H](Oc3nc(-c4ccc5c(ccc6ccccc65)c4)cc(-c4ccc(C(F)(F)F)cc4)c3C#N)O[C@@H]2COC(C)=O)[C@H](OC(C)=O)[C@@H](OC(C)=O)[C@H]1OC(C)=O. The average Bonchev–Trinajstić information content (AvgIpc) is 3.37. The van der Waals surface area contributed by atoms with Crippen LogP contribution < -0.4 is 4.74 Å². The van der Waals surface area contributed by atoms with Crippen LogP contribution in [0.5, 0.6) is 5.88 Å². The van der Waals surface area contributed by atoms with Crippen molar-refractivity contribution in [1.29, 1.82) is 5.26 Å². The number of carbonyl (C=O) groups is 7. The summed E-state index contributed by atoms with van der Waals surface area (Å²) in [6, 6.07) is 24.3. The summed E-state index contributed by atoms with van der Waals surface area (Å²) in [5.74, 6) is -7.18. The summed E-state index contributed by atoms with van der Waals surface area (Å²) in [7, 11) is 0. The van der Waals surface area contributed by atoms with Crippen LogP contribution in [-0.2, 0) is 87.1 Å². The van der Waals surface area contributed by atoms with Gasteiger partial charge in [-0.25, -0.2) is 4.98 Å². The molecule has 23 heteroatoms. The molecule has 2 aliphatic rings. The first-order valence-corrected chi connectivity index (χ1v) is 23.3. The number of carbonyl (C=O) groups excluding carboxylic acids is 7. The summed E-state index contributed by atoms with van der Waals surface area (Å²) < 4.78 is 106. The number of halogens is 3. The molecule has 1 aromatic heterocycles. The van der Waals surface area contributed by atoms with Crippen LogP contribution in [0.15, 0.2) is 84.9 Å². The van der Waals surface area contributed by atoms with Crippen molar-refractivity contribution in [2.45, 2.75) is 116 Å². The number of esters is 7. The molecule has 20 nitrogen and oxygen atoms in total. The Balaban J connectivity index is 1.37. The lowest BCUT2D eigenvalue weighted by Gasteiger charge is -2.48. The lowest BCUT2D eigenvalue weighted by molar-refractivity contribution is -0.354. The molecule has 0 unspecified atom stereocenters. The Hall–Kier alpha value is -8.20. The fourth-order valence-electron chi connectivity index (χ4n) is 8.78. The number of nitrogens with zero attached hydrogens (tertiary/aromatic N) is 2. The summed E-state index contributed by atoms with van der Waals surface area (Å²) >= 11 is 0. The monoisotopic (exact) mass is 1060 g/mol. The largest absolute Gasteiger partial charge is 0.463 e. The molecule has 400 valence electrons. The Kier molecular flexibility index (Phi) is 17.2. The minimum atomic E-state index is -4.71. The van der Waals surface area contributed by atoms with Crippen molar-refractivity contribution < 1.29 is 98.8 Å². The molecule has 3 heterocycles. The molecule has 76 heavy (non-hydrogen) atoms. The van der Waals surface area contributed by atoms with Gasteiger partial charge in [0.25, 0.3) is 0 Å². The Labute approximate surface area is 431 Å². The zero-order valence-corrected chi connectivity index (χ0v) is 41.6. The Morgan fingerprint density at radius 3 is 1.61 bits per heavy atom. The van der Waals surface area contributed by atoms with Crippen LogP contribution in [0.3, 0.4) is 0 Å². The molecule has 0 N–H and O–H groups in total. The molecule has 0 spiro atoms. The van der Waals surface area contributed by atoms with E-state index < -0.39 is 134 Å². The van der Waals surface area contributed by atoms with Gasteiger partial charge in [0.2, 0.25) is 18.3 Å². The predicted molar refractivity (Wildman–Crippen MR) is 254 cm³/mol. The van der Waals surface area contributed by atoms with E-state index >= 15 is 0 Å². The fraction of sp³-hybridized carbons (Fsp3) is 0.377. The highest BCUT2D eigenvalue weighted by atomic mass is 19.4. The highest BCUT2D eigenvalue weighted by Gasteiger charge is 2.58. The normalized spacial score (nSPS) is 23.3. The first-order valence-electron chi connectivity index (χ1n) is 23.3. The summed E-state index contributed by atoms with van der Waals surface area (Å²) in [6.45, 7) is 5.60. The van der Waals surface area contributed by atoms with Crippen molar-refractivity contribution in [2.75, 3.05) is 13.2 Å². The van der Waals surface area contributed by atoms with Crippen molar-refractivity contribution in [1.82, 2.24) is 4.98 Å². The van der Waals surface area contributed by atoms with Gasteiger partial charge in [0.1, 0.15) is 43.2 Å². The van der Waals surface area contributed by atoms with Crippen LogP contribution in [0.25, 0.3) is 43.9 Å². The maximum Gasteiger partial charge on any atom is 0.416 e. The smallest absolute Gasteiger partial charge is 0.416 e. The van der Waals surface area contributed by atoms with Crippen molar-refractivity contribution in [3.05, 3.63) is 96.1 Å². The Bertz CT molecular complexity index is 3090. The van der Waals surface area contributed by atoms with E-state index in [1.54, 1.807) is 12.1 Å². The number of rotatable bonds is 15. The molecule has 2 fully saturated rings. The molecule has 5 aromatic rings. The van der Waals surface area contributed by atoms with Crippen LogP contribution in [-0.4, -0.2) is 121 Å². The standard InChI is InChI=1S/C53H49F3N2O18/c1-25(59)66-23-42-44(68-27(3)61)46(69-28(4)62)48(71-30(6)64)51(73-42)75-45-43(24-67-26(2)60)74-52(49(72-31(7)65)47(45)70-29(5)63)76-50-40(22-57)39(33-14-17-36(18-15-33)53(54,55)56)21-41(58-50)35-16-19-38-34(20-35)13-12-32-10-8-9-11-37(32)38/h8-21,42-49,51-52H,23-24H2,1-7H3/t42-,43-,44+,45-,46+,47+,48-,49-,51+,52+/m1/s1. The van der Waals surface area contributed by atoms with Crippen molar-refractivity contribution in [2.24, 2.45) is 0 Å². The number of hydrogen-bond donors (Lipinski definition) is 0. The molecule has 7 rings (SSSR count). The predicted octanol–water partition coefficient (Wildman–Crippen LogP) is 6.61. The van der Waals surface area contributed by atoms with E-state index in [-0.39, 0.29) is 22.4 Å². The van der Waals surface area contributed by atoms with Gasteiger partial charge in [0.05, 0.1) is 11.3 Å². The number of aromatic nitrogens is 1. The van der Waals surface area contributed by atoms with Crippen molar-refractivity contribution in [3.63, 3.8) is 0 Å². The lowest BCUT2D eigenvalue weighted by atomic mass is 9.95. The zero-order chi connectivity index (χ0) is 55.2. The molecular weight excluding hydrogens is 1010 g/mol.